The molecule has 1 aromatic rings. The summed E-state index contributed by atoms with van der Waals surface area (Å²) in [5.41, 5.74) is 1.37. The van der Waals surface area contributed by atoms with Crippen LogP contribution in [0.1, 0.15) is 51.2 Å². The van der Waals surface area contributed by atoms with Crippen molar-refractivity contribution >= 4 is 52.8 Å². The number of alkyl halides is 2. The number of piperidine rings is 1. The number of amides is 4. The second-order valence-corrected chi connectivity index (χ2v) is 14.4. The third kappa shape index (κ3) is 7.90. The molecule has 1 saturated carbocycles. The van der Waals surface area contributed by atoms with Gasteiger partial charge in [0, 0.05) is 24.9 Å². The molecule has 1 aliphatic heterocycles. The van der Waals surface area contributed by atoms with Crippen LogP contribution in [-0.2, 0) is 36.8 Å². The Morgan fingerprint density at radius 3 is 2.24 bits per heavy atom. The molecule has 10 nitrogen and oxygen atoms in total. The molecule has 1 heterocycles. The molecule has 2 aliphatic carbocycles. The topological polar surface area (TPSA) is 134 Å². The van der Waals surface area contributed by atoms with E-state index in [2.05, 4.69) is 29.1 Å². The first-order valence-electron chi connectivity index (χ1n) is 15.3. The predicted octanol–water partition coefficient (Wildman–Crippen LogP) is 3.64. The summed E-state index contributed by atoms with van der Waals surface area (Å²) in [7, 11) is 0. The molecule has 3 aliphatic rings. The smallest absolute Gasteiger partial charge is 0.408 e. The molecule has 3 N–H and O–H groups in total. The number of halogens is 2. The Morgan fingerprint density at radius 2 is 1.67 bits per heavy atom. The standard InChI is InChI=1S/C33H42Cl2N4O6/c1-6-8-14-23(27(40)29(42)36-15-9-7-2)37-28(41)26-24-22(33(24,34)35)18-39(26)30(43)25(38-31(44)45-32(3,4)5)21-16-19-12-10-11-13-20(19)17-21/h6-7,10-13,21-26H,1-2,8-9,14-18H2,3-5H3,(H,36,42)(H,37,41)(H,38,44). The van der Waals surface area contributed by atoms with Gasteiger partial charge in [0.25, 0.3) is 5.91 Å². The zero-order chi connectivity index (χ0) is 33.1. The van der Waals surface area contributed by atoms with E-state index in [9.17, 15) is 24.0 Å². The SMILES string of the molecule is C=CCCNC(=O)C(=O)C(CCC=C)NC(=O)C1C2C(CN1C(=O)C(NC(=O)OC(C)(C)C)C1Cc3ccccc3C1)C2(Cl)Cl. The Balaban J connectivity index is 1.58. The Kier molecular flexibility index (Phi) is 10.7. The number of alkyl carbamates (subject to hydrolysis) is 1. The number of nitrogens with zero attached hydrogens (tertiary/aromatic N) is 1. The van der Waals surface area contributed by atoms with E-state index < -0.39 is 63.6 Å². The van der Waals surface area contributed by atoms with Crippen molar-refractivity contribution in [2.24, 2.45) is 17.8 Å². The Bertz CT molecular complexity index is 1330. The van der Waals surface area contributed by atoms with Crippen molar-refractivity contribution in [3.8, 4) is 0 Å². The highest BCUT2D eigenvalue weighted by Crippen LogP contribution is 2.65. The van der Waals surface area contributed by atoms with E-state index in [1.54, 1.807) is 32.9 Å². The molecule has 5 unspecified atom stereocenters. The van der Waals surface area contributed by atoms with Crippen LogP contribution in [0.4, 0.5) is 4.79 Å². The van der Waals surface area contributed by atoms with Gasteiger partial charge in [-0.1, -0.05) is 36.4 Å². The third-order valence-corrected chi connectivity index (χ3v) is 9.59. The lowest BCUT2D eigenvalue weighted by atomic mass is 9.94. The van der Waals surface area contributed by atoms with Crippen LogP contribution >= 0.6 is 23.2 Å². The summed E-state index contributed by atoms with van der Waals surface area (Å²) in [5.74, 6) is -4.02. The van der Waals surface area contributed by atoms with Crippen LogP contribution in [0, 0.1) is 17.8 Å². The van der Waals surface area contributed by atoms with Crippen molar-refractivity contribution in [1.29, 1.82) is 0 Å². The second kappa shape index (κ2) is 14.0. The first-order chi connectivity index (χ1) is 21.2. The van der Waals surface area contributed by atoms with Crippen molar-refractivity contribution in [2.45, 2.75) is 80.9 Å². The summed E-state index contributed by atoms with van der Waals surface area (Å²) >= 11 is 13.1. The van der Waals surface area contributed by atoms with Crippen LogP contribution in [0.3, 0.4) is 0 Å². The molecular weight excluding hydrogens is 619 g/mol. The number of benzene rings is 1. The minimum atomic E-state index is -1.24. The summed E-state index contributed by atoms with van der Waals surface area (Å²) in [5, 5.41) is 8.02. The molecule has 0 radical (unpaired) electrons. The van der Waals surface area contributed by atoms with Gasteiger partial charge in [-0.3, -0.25) is 19.2 Å². The number of ketones is 1. The largest absolute Gasteiger partial charge is 0.444 e. The van der Waals surface area contributed by atoms with Crippen LogP contribution in [-0.4, -0.2) is 75.6 Å². The average molecular weight is 662 g/mol. The fourth-order valence-electron chi connectivity index (χ4n) is 6.30. The summed E-state index contributed by atoms with van der Waals surface area (Å²) in [6, 6.07) is 4.56. The molecular formula is C33H42Cl2N4O6. The van der Waals surface area contributed by atoms with Crippen LogP contribution in [0.25, 0.3) is 0 Å². The molecule has 12 heteroatoms. The maximum Gasteiger partial charge on any atom is 0.408 e. The Hall–Kier alpha value is -3.37. The van der Waals surface area contributed by atoms with E-state index in [4.69, 9.17) is 27.9 Å². The molecule has 0 aromatic heterocycles. The van der Waals surface area contributed by atoms with Crippen molar-refractivity contribution in [3.63, 3.8) is 0 Å². The van der Waals surface area contributed by atoms with Gasteiger partial charge in [0.05, 0.1) is 6.04 Å². The molecule has 45 heavy (non-hydrogen) atoms. The zero-order valence-electron chi connectivity index (χ0n) is 25.9. The van der Waals surface area contributed by atoms with Gasteiger partial charge in [-0.15, -0.1) is 36.4 Å². The highest BCUT2D eigenvalue weighted by molar-refractivity contribution is 6.51. The molecule has 4 amide bonds. The minimum Gasteiger partial charge on any atom is -0.444 e. The summed E-state index contributed by atoms with van der Waals surface area (Å²) < 4.78 is 4.26. The number of hydrogen-bond acceptors (Lipinski definition) is 6. The predicted molar refractivity (Wildman–Crippen MR) is 172 cm³/mol. The molecule has 2 fully saturated rings. The van der Waals surface area contributed by atoms with Crippen LogP contribution in [0.5, 0.6) is 0 Å². The normalized spacial score (nSPS) is 22.7. The first kappa shape index (κ1) is 34.5. The van der Waals surface area contributed by atoms with E-state index in [1.807, 2.05) is 24.3 Å². The number of carbonyl (C=O) groups excluding carboxylic acids is 5. The molecule has 5 atom stereocenters. The number of nitrogens with one attached hydrogen (secondary N) is 3. The van der Waals surface area contributed by atoms with Gasteiger partial charge in [0.1, 0.15) is 22.0 Å². The number of Topliss-reactive ketones (excluding diaryl/α,β-unsaturated/α-hetero) is 1. The van der Waals surface area contributed by atoms with E-state index in [0.29, 0.717) is 25.7 Å². The van der Waals surface area contributed by atoms with Crippen LogP contribution in [0.2, 0.25) is 0 Å². The lowest BCUT2D eigenvalue weighted by Gasteiger charge is -2.35. The van der Waals surface area contributed by atoms with Crippen molar-refractivity contribution in [3.05, 3.63) is 60.7 Å². The average Bonchev–Trinajstić information content (AvgIpc) is 3.34. The Labute approximate surface area is 274 Å². The van der Waals surface area contributed by atoms with Crippen molar-refractivity contribution < 1.29 is 28.7 Å². The highest BCUT2D eigenvalue weighted by atomic mass is 35.5. The zero-order valence-corrected chi connectivity index (χ0v) is 27.5. The number of likely N-dealkylation sites (tertiary alicyclic amines) is 1. The monoisotopic (exact) mass is 660 g/mol. The number of fused-ring (bicyclic) bond motifs is 2. The number of carbonyl (C=O) groups is 5. The molecule has 1 saturated heterocycles. The van der Waals surface area contributed by atoms with E-state index in [0.717, 1.165) is 11.1 Å². The van der Waals surface area contributed by atoms with Crippen LogP contribution < -0.4 is 16.0 Å². The van der Waals surface area contributed by atoms with E-state index in [-0.39, 0.29) is 31.3 Å². The van der Waals surface area contributed by atoms with Crippen LogP contribution in [0.15, 0.2) is 49.6 Å². The number of allylic oxidation sites excluding steroid dienone is 1. The number of rotatable bonds is 13. The lowest BCUT2D eigenvalue weighted by Crippen LogP contribution is -2.60. The van der Waals surface area contributed by atoms with Gasteiger partial charge in [-0.25, -0.2) is 4.79 Å². The Morgan fingerprint density at radius 1 is 1.04 bits per heavy atom. The fraction of sp³-hybridized carbons (Fsp3) is 0.545. The van der Waals surface area contributed by atoms with Gasteiger partial charge in [-0.2, -0.15) is 0 Å². The third-order valence-electron chi connectivity index (χ3n) is 8.53. The van der Waals surface area contributed by atoms with E-state index in [1.165, 1.54) is 4.90 Å². The molecule has 244 valence electrons. The minimum absolute atomic E-state index is 0.0913. The number of hydrogen-bond donors (Lipinski definition) is 3. The van der Waals surface area contributed by atoms with Gasteiger partial charge in [-0.05, 0) is 69.9 Å². The molecule has 4 rings (SSSR count). The summed E-state index contributed by atoms with van der Waals surface area (Å²) in [6.45, 7) is 12.8. The number of ether oxygens (including phenoxy) is 1. The van der Waals surface area contributed by atoms with E-state index >= 15 is 0 Å². The second-order valence-electron chi connectivity index (χ2n) is 12.9. The lowest BCUT2D eigenvalue weighted by molar-refractivity contribution is -0.144. The van der Waals surface area contributed by atoms with Gasteiger partial charge < -0.3 is 25.6 Å². The van der Waals surface area contributed by atoms with Crippen molar-refractivity contribution in [1.82, 2.24) is 20.9 Å². The van der Waals surface area contributed by atoms with Crippen molar-refractivity contribution in [2.75, 3.05) is 13.1 Å². The fourth-order valence-corrected chi connectivity index (χ4v) is 7.13. The van der Waals surface area contributed by atoms with Gasteiger partial charge >= 0.3 is 6.09 Å². The van der Waals surface area contributed by atoms with Gasteiger partial charge in [0.15, 0.2) is 0 Å². The summed E-state index contributed by atoms with van der Waals surface area (Å²) in [4.78, 5) is 68.3. The first-order valence-corrected chi connectivity index (χ1v) is 16.0. The highest BCUT2D eigenvalue weighted by Gasteiger charge is 2.74. The molecule has 1 aromatic carbocycles. The molecule has 0 spiro atoms. The van der Waals surface area contributed by atoms with Gasteiger partial charge in [0.2, 0.25) is 17.6 Å². The molecule has 0 bridgehead atoms. The maximum absolute atomic E-state index is 14.4. The maximum atomic E-state index is 14.4. The summed E-state index contributed by atoms with van der Waals surface area (Å²) in [6.07, 6.45) is 4.51. The quantitative estimate of drug-likeness (QED) is 0.128.